The molecule has 0 saturated heterocycles. The summed E-state index contributed by atoms with van der Waals surface area (Å²) in [6.45, 7) is 2.01. The lowest BCUT2D eigenvalue weighted by Crippen LogP contribution is -2.42. The zero-order valence-corrected chi connectivity index (χ0v) is 16.0. The van der Waals surface area contributed by atoms with E-state index in [0.29, 0.717) is 12.2 Å². The van der Waals surface area contributed by atoms with E-state index >= 15 is 0 Å². The molecule has 1 aliphatic rings. The second-order valence-corrected chi connectivity index (χ2v) is 7.42. The third kappa shape index (κ3) is 3.08. The van der Waals surface area contributed by atoms with Crippen molar-refractivity contribution < 1.29 is 4.79 Å². The second-order valence-electron chi connectivity index (χ2n) is 6.90. The average Bonchev–Trinajstić information content (AvgIpc) is 3.38. The van der Waals surface area contributed by atoms with Gasteiger partial charge in [0.05, 0.1) is 30.0 Å². The van der Waals surface area contributed by atoms with Crippen molar-refractivity contribution in [2.75, 3.05) is 18.4 Å². The van der Waals surface area contributed by atoms with Crippen LogP contribution in [-0.2, 0) is 11.3 Å². The minimum Gasteiger partial charge on any atom is -0.348 e. The van der Waals surface area contributed by atoms with Gasteiger partial charge in [-0.2, -0.15) is 8.75 Å². The van der Waals surface area contributed by atoms with Gasteiger partial charge in [0, 0.05) is 25.0 Å². The first-order chi connectivity index (χ1) is 13.8. The van der Waals surface area contributed by atoms with Gasteiger partial charge in [0.25, 0.3) is 0 Å². The van der Waals surface area contributed by atoms with Gasteiger partial charge in [-0.3, -0.25) is 9.69 Å². The summed E-state index contributed by atoms with van der Waals surface area (Å²) in [5.74, 6) is -0.0403. The number of fused-ring (bicyclic) bond motifs is 2. The van der Waals surface area contributed by atoms with Gasteiger partial charge in [0.15, 0.2) is 0 Å². The number of amides is 1. The van der Waals surface area contributed by atoms with Crippen molar-refractivity contribution in [1.82, 2.24) is 18.2 Å². The topological polar surface area (TPSA) is 63.1 Å². The molecule has 1 unspecified atom stereocenters. The molecule has 0 spiro atoms. The van der Waals surface area contributed by atoms with Crippen molar-refractivity contribution in [2.45, 2.75) is 12.6 Å². The molecular formula is C21H19N5OS. The molecule has 1 atom stereocenters. The van der Waals surface area contributed by atoms with Crippen molar-refractivity contribution >= 4 is 34.4 Å². The SMILES string of the molecule is O=C(CN1CCn2cccc2C1c1ccccc1)Nc1cccc2nsnc12. The van der Waals surface area contributed by atoms with E-state index in [0.717, 1.165) is 35.9 Å². The summed E-state index contributed by atoms with van der Waals surface area (Å²) in [6.07, 6.45) is 2.11. The molecule has 3 heterocycles. The van der Waals surface area contributed by atoms with Crippen LogP contribution in [-0.4, -0.2) is 37.2 Å². The van der Waals surface area contributed by atoms with Crippen LogP contribution >= 0.6 is 11.7 Å². The summed E-state index contributed by atoms with van der Waals surface area (Å²) >= 11 is 1.16. The van der Waals surface area contributed by atoms with Gasteiger partial charge in [-0.25, -0.2) is 0 Å². The maximum atomic E-state index is 12.9. The number of aromatic nitrogens is 3. The molecule has 6 nitrogen and oxygen atoms in total. The highest BCUT2D eigenvalue weighted by Crippen LogP contribution is 2.32. The molecule has 1 N–H and O–H groups in total. The Hall–Kier alpha value is -3.03. The van der Waals surface area contributed by atoms with E-state index in [1.54, 1.807) is 0 Å². The Morgan fingerprint density at radius 1 is 1.04 bits per heavy atom. The fourth-order valence-corrected chi connectivity index (χ4v) is 4.45. The Morgan fingerprint density at radius 2 is 1.93 bits per heavy atom. The molecule has 0 saturated carbocycles. The molecule has 5 rings (SSSR count). The van der Waals surface area contributed by atoms with Crippen LogP contribution in [0.25, 0.3) is 11.0 Å². The number of carbonyl (C=O) groups excluding carboxylic acids is 1. The molecule has 1 amide bonds. The van der Waals surface area contributed by atoms with Crippen molar-refractivity contribution in [3.05, 3.63) is 78.1 Å². The van der Waals surface area contributed by atoms with Gasteiger partial charge < -0.3 is 9.88 Å². The monoisotopic (exact) mass is 389 g/mol. The quantitative estimate of drug-likeness (QED) is 0.580. The minimum atomic E-state index is -0.0403. The molecule has 7 heteroatoms. The summed E-state index contributed by atoms with van der Waals surface area (Å²) in [5.41, 5.74) is 4.68. The zero-order valence-electron chi connectivity index (χ0n) is 15.2. The van der Waals surface area contributed by atoms with Crippen LogP contribution in [0.3, 0.4) is 0 Å². The molecule has 0 fully saturated rings. The lowest BCUT2D eigenvalue weighted by molar-refractivity contribution is -0.117. The Morgan fingerprint density at radius 3 is 2.82 bits per heavy atom. The maximum absolute atomic E-state index is 12.9. The number of hydrogen-bond donors (Lipinski definition) is 1. The molecule has 28 heavy (non-hydrogen) atoms. The first kappa shape index (κ1) is 17.1. The van der Waals surface area contributed by atoms with Gasteiger partial charge in [-0.05, 0) is 29.8 Å². The summed E-state index contributed by atoms with van der Waals surface area (Å²) in [4.78, 5) is 15.1. The summed E-state index contributed by atoms with van der Waals surface area (Å²) in [5, 5.41) is 3.02. The van der Waals surface area contributed by atoms with E-state index in [9.17, 15) is 4.79 Å². The molecule has 1 aliphatic heterocycles. The smallest absolute Gasteiger partial charge is 0.238 e. The summed E-state index contributed by atoms with van der Waals surface area (Å²) < 4.78 is 10.8. The molecular weight excluding hydrogens is 370 g/mol. The highest BCUT2D eigenvalue weighted by Gasteiger charge is 2.30. The Kier molecular flexibility index (Phi) is 4.38. The number of nitrogens with one attached hydrogen (secondary N) is 1. The van der Waals surface area contributed by atoms with E-state index < -0.39 is 0 Å². The molecule has 2 aromatic heterocycles. The second kappa shape index (κ2) is 7.18. The molecule has 0 bridgehead atoms. The third-order valence-corrected chi connectivity index (χ3v) is 5.70. The molecule has 2 aromatic carbocycles. The van der Waals surface area contributed by atoms with E-state index in [2.05, 4.69) is 54.0 Å². The fourth-order valence-electron chi connectivity index (χ4n) is 3.90. The Labute approximate surface area is 166 Å². The van der Waals surface area contributed by atoms with Gasteiger partial charge >= 0.3 is 0 Å². The van der Waals surface area contributed by atoms with Gasteiger partial charge in [0.2, 0.25) is 5.91 Å². The first-order valence-electron chi connectivity index (χ1n) is 9.25. The standard InChI is InChI=1S/C21H19N5OS/c27-19(22-16-8-4-9-17-20(16)24-28-23-17)14-26-13-12-25-11-5-10-18(25)21(26)15-6-2-1-3-7-15/h1-11,21H,12-14H2,(H,22,27). The van der Waals surface area contributed by atoms with Crippen molar-refractivity contribution in [2.24, 2.45) is 0 Å². The normalized spacial score (nSPS) is 16.8. The maximum Gasteiger partial charge on any atom is 0.238 e. The van der Waals surface area contributed by atoms with Crippen molar-refractivity contribution in [1.29, 1.82) is 0 Å². The average molecular weight is 389 g/mol. The van der Waals surface area contributed by atoms with E-state index in [-0.39, 0.29) is 11.9 Å². The largest absolute Gasteiger partial charge is 0.348 e. The van der Waals surface area contributed by atoms with Crippen LogP contribution in [0.5, 0.6) is 0 Å². The number of nitrogens with zero attached hydrogens (tertiary/aromatic N) is 4. The van der Waals surface area contributed by atoms with Crippen LogP contribution in [0, 0.1) is 0 Å². The predicted octanol–water partition coefficient (Wildman–Crippen LogP) is 3.54. The lowest BCUT2D eigenvalue weighted by atomic mass is 10.00. The van der Waals surface area contributed by atoms with E-state index in [1.165, 1.54) is 11.3 Å². The van der Waals surface area contributed by atoms with Crippen LogP contribution in [0.15, 0.2) is 66.9 Å². The van der Waals surface area contributed by atoms with Crippen molar-refractivity contribution in [3.63, 3.8) is 0 Å². The van der Waals surface area contributed by atoms with Crippen LogP contribution in [0.2, 0.25) is 0 Å². The molecule has 0 aliphatic carbocycles. The molecule has 140 valence electrons. The Balaban J connectivity index is 1.40. The highest BCUT2D eigenvalue weighted by atomic mass is 32.1. The predicted molar refractivity (Wildman–Crippen MR) is 110 cm³/mol. The van der Waals surface area contributed by atoms with Crippen LogP contribution in [0.1, 0.15) is 17.3 Å². The van der Waals surface area contributed by atoms with Gasteiger partial charge in [0.1, 0.15) is 11.0 Å². The number of hydrogen-bond acceptors (Lipinski definition) is 5. The van der Waals surface area contributed by atoms with E-state index in [1.807, 2.05) is 36.4 Å². The van der Waals surface area contributed by atoms with Gasteiger partial charge in [-0.15, -0.1) is 0 Å². The number of rotatable bonds is 4. The number of anilines is 1. The van der Waals surface area contributed by atoms with Gasteiger partial charge in [-0.1, -0.05) is 36.4 Å². The number of carbonyl (C=O) groups is 1. The first-order valence-corrected chi connectivity index (χ1v) is 9.98. The highest BCUT2D eigenvalue weighted by molar-refractivity contribution is 7.00. The van der Waals surface area contributed by atoms with Crippen LogP contribution in [0.4, 0.5) is 5.69 Å². The molecule has 0 radical (unpaired) electrons. The Bertz CT molecular complexity index is 1120. The number of benzene rings is 2. The van der Waals surface area contributed by atoms with Crippen molar-refractivity contribution in [3.8, 4) is 0 Å². The third-order valence-electron chi connectivity index (χ3n) is 5.16. The minimum absolute atomic E-state index is 0.0403. The summed E-state index contributed by atoms with van der Waals surface area (Å²) in [7, 11) is 0. The van der Waals surface area contributed by atoms with E-state index in [4.69, 9.17) is 0 Å². The zero-order chi connectivity index (χ0) is 18.9. The summed E-state index contributed by atoms with van der Waals surface area (Å²) in [6, 6.07) is 20.3. The molecule has 4 aromatic rings. The lowest BCUT2D eigenvalue weighted by Gasteiger charge is -2.36. The van der Waals surface area contributed by atoms with Crippen LogP contribution < -0.4 is 5.32 Å². The fraction of sp³-hybridized carbons (Fsp3) is 0.190.